The topological polar surface area (TPSA) is 32.3 Å². The molecule has 2 N–H and O–H groups in total. The molecule has 2 aliphatic heterocycles. The fourth-order valence-corrected chi connectivity index (χ4v) is 3.88. The lowest BCUT2D eigenvalue weighted by molar-refractivity contribution is -0.0125. The van der Waals surface area contributed by atoms with Crippen LogP contribution in [0.3, 0.4) is 0 Å². The molecule has 2 atom stereocenters. The molecule has 0 aromatic heterocycles. The molecule has 17 heavy (non-hydrogen) atoms. The Morgan fingerprint density at radius 2 is 1.65 bits per heavy atom. The Labute approximate surface area is 103 Å². The molecule has 1 aromatic rings. The van der Waals surface area contributed by atoms with Crippen molar-refractivity contribution in [3.63, 3.8) is 0 Å². The van der Waals surface area contributed by atoms with E-state index in [2.05, 4.69) is 37.4 Å². The maximum absolute atomic E-state index is 11.0. The lowest BCUT2D eigenvalue weighted by Crippen LogP contribution is -2.47. The molecule has 0 spiro atoms. The summed E-state index contributed by atoms with van der Waals surface area (Å²) < 4.78 is 0. The lowest BCUT2D eigenvalue weighted by atomic mass is 9.78. The zero-order valence-electron chi connectivity index (χ0n) is 10.7. The van der Waals surface area contributed by atoms with Crippen molar-refractivity contribution in [2.45, 2.75) is 57.2 Å². The summed E-state index contributed by atoms with van der Waals surface area (Å²) in [6.45, 7) is 4.23. The highest BCUT2D eigenvalue weighted by Crippen LogP contribution is 2.42. The number of fused-ring (bicyclic) bond motifs is 2. The van der Waals surface area contributed by atoms with E-state index in [9.17, 15) is 5.11 Å². The van der Waals surface area contributed by atoms with Crippen LogP contribution < -0.4 is 5.32 Å². The van der Waals surface area contributed by atoms with Crippen LogP contribution in [-0.4, -0.2) is 17.2 Å². The Hall–Kier alpha value is -0.860. The normalized spacial score (nSPS) is 36.2. The summed E-state index contributed by atoms with van der Waals surface area (Å²) in [5, 5.41) is 14.6. The Bertz CT molecular complexity index is 408. The summed E-state index contributed by atoms with van der Waals surface area (Å²) in [4.78, 5) is 0. The number of aliphatic hydroxyl groups is 1. The Kier molecular flexibility index (Phi) is 2.53. The number of nitrogens with one attached hydrogen (secondary N) is 1. The van der Waals surface area contributed by atoms with E-state index >= 15 is 0 Å². The first-order valence-corrected chi connectivity index (χ1v) is 6.64. The molecule has 3 rings (SSSR count). The molecule has 1 aromatic carbocycles. The number of rotatable bonds is 1. The molecule has 2 saturated heterocycles. The Balaban J connectivity index is 2.02. The predicted molar refractivity (Wildman–Crippen MR) is 69.0 cm³/mol. The fourth-order valence-electron chi connectivity index (χ4n) is 3.88. The molecule has 0 aliphatic carbocycles. The zero-order valence-corrected chi connectivity index (χ0v) is 10.7. The van der Waals surface area contributed by atoms with Crippen molar-refractivity contribution in [3.05, 3.63) is 34.9 Å². The monoisotopic (exact) mass is 231 g/mol. The second-order valence-corrected chi connectivity index (χ2v) is 5.84. The minimum atomic E-state index is -0.605. The molecular formula is C15H21NO. The molecule has 2 heteroatoms. The van der Waals surface area contributed by atoms with Gasteiger partial charge in [-0.25, -0.2) is 0 Å². The van der Waals surface area contributed by atoms with Crippen LogP contribution in [0.5, 0.6) is 0 Å². The minimum Gasteiger partial charge on any atom is -0.385 e. The van der Waals surface area contributed by atoms with Crippen LogP contribution in [0.15, 0.2) is 18.2 Å². The van der Waals surface area contributed by atoms with E-state index in [0.717, 1.165) is 12.8 Å². The Morgan fingerprint density at radius 3 is 2.18 bits per heavy atom. The van der Waals surface area contributed by atoms with Gasteiger partial charge in [-0.2, -0.15) is 0 Å². The number of hydrogen-bond donors (Lipinski definition) is 2. The van der Waals surface area contributed by atoms with Gasteiger partial charge in [0, 0.05) is 12.1 Å². The molecule has 2 aliphatic rings. The third-order valence-electron chi connectivity index (χ3n) is 4.45. The van der Waals surface area contributed by atoms with Crippen LogP contribution in [0.2, 0.25) is 0 Å². The van der Waals surface area contributed by atoms with Gasteiger partial charge in [0.15, 0.2) is 0 Å². The van der Waals surface area contributed by atoms with Crippen LogP contribution in [0.1, 0.15) is 42.4 Å². The standard InChI is InChI=1S/C15H21NO/c1-10-4-3-5-11(2)14(10)15(17)8-12-6-7-13(9-15)16-12/h3-5,12-13,16-17H,6-9H2,1-2H3. The predicted octanol–water partition coefficient (Wildman–Crippen LogP) is 2.41. The van der Waals surface area contributed by atoms with Crippen molar-refractivity contribution < 1.29 is 5.11 Å². The molecular weight excluding hydrogens is 210 g/mol. The minimum absolute atomic E-state index is 0.512. The van der Waals surface area contributed by atoms with E-state index in [4.69, 9.17) is 0 Å². The second kappa shape index (κ2) is 3.82. The van der Waals surface area contributed by atoms with E-state index < -0.39 is 5.60 Å². The molecule has 2 fully saturated rings. The molecule has 0 radical (unpaired) electrons. The third kappa shape index (κ3) is 1.80. The van der Waals surface area contributed by atoms with E-state index in [-0.39, 0.29) is 0 Å². The highest BCUT2D eigenvalue weighted by Gasteiger charge is 2.44. The number of aryl methyl sites for hydroxylation is 2. The van der Waals surface area contributed by atoms with Crippen molar-refractivity contribution in [3.8, 4) is 0 Å². The highest BCUT2D eigenvalue weighted by atomic mass is 16.3. The van der Waals surface area contributed by atoms with E-state index in [1.807, 2.05) is 0 Å². The average molecular weight is 231 g/mol. The third-order valence-corrected chi connectivity index (χ3v) is 4.45. The molecule has 2 heterocycles. The van der Waals surface area contributed by atoms with E-state index in [1.54, 1.807) is 0 Å². The summed E-state index contributed by atoms with van der Waals surface area (Å²) in [5.41, 5.74) is 3.04. The number of piperidine rings is 1. The van der Waals surface area contributed by atoms with Crippen LogP contribution >= 0.6 is 0 Å². The maximum Gasteiger partial charge on any atom is 0.0931 e. The van der Waals surface area contributed by atoms with Gasteiger partial charge in [0.25, 0.3) is 0 Å². The summed E-state index contributed by atoms with van der Waals surface area (Å²) in [6.07, 6.45) is 4.18. The Morgan fingerprint density at radius 1 is 1.12 bits per heavy atom. The first-order valence-electron chi connectivity index (χ1n) is 6.64. The molecule has 2 bridgehead atoms. The van der Waals surface area contributed by atoms with Gasteiger partial charge < -0.3 is 10.4 Å². The molecule has 0 amide bonds. The first kappa shape index (κ1) is 11.2. The van der Waals surface area contributed by atoms with Crippen LogP contribution in [0.25, 0.3) is 0 Å². The van der Waals surface area contributed by atoms with Crippen LogP contribution in [0.4, 0.5) is 0 Å². The van der Waals surface area contributed by atoms with E-state index in [1.165, 1.54) is 29.5 Å². The van der Waals surface area contributed by atoms with Gasteiger partial charge >= 0.3 is 0 Å². The van der Waals surface area contributed by atoms with Crippen molar-refractivity contribution in [2.24, 2.45) is 0 Å². The summed E-state index contributed by atoms with van der Waals surface area (Å²) in [6, 6.07) is 7.33. The van der Waals surface area contributed by atoms with Gasteiger partial charge in [-0.3, -0.25) is 0 Å². The molecule has 0 saturated carbocycles. The molecule has 2 unspecified atom stereocenters. The quantitative estimate of drug-likeness (QED) is 0.778. The second-order valence-electron chi connectivity index (χ2n) is 5.84. The largest absolute Gasteiger partial charge is 0.385 e. The SMILES string of the molecule is Cc1cccc(C)c1C1(O)CC2CCC(C1)N2. The van der Waals surface area contributed by atoms with E-state index in [0.29, 0.717) is 12.1 Å². The summed E-state index contributed by atoms with van der Waals surface area (Å²) >= 11 is 0. The number of hydrogen-bond acceptors (Lipinski definition) is 2. The van der Waals surface area contributed by atoms with Crippen molar-refractivity contribution >= 4 is 0 Å². The average Bonchev–Trinajstić information content (AvgIpc) is 2.58. The lowest BCUT2D eigenvalue weighted by Gasteiger charge is -2.39. The molecule has 2 nitrogen and oxygen atoms in total. The van der Waals surface area contributed by atoms with Crippen molar-refractivity contribution in [1.82, 2.24) is 5.32 Å². The van der Waals surface area contributed by atoms with Gasteiger partial charge in [-0.05, 0) is 56.2 Å². The van der Waals surface area contributed by atoms with Gasteiger partial charge in [0.1, 0.15) is 0 Å². The molecule has 92 valence electrons. The summed E-state index contributed by atoms with van der Waals surface area (Å²) in [7, 11) is 0. The van der Waals surface area contributed by atoms with Gasteiger partial charge in [-0.15, -0.1) is 0 Å². The smallest absolute Gasteiger partial charge is 0.0931 e. The van der Waals surface area contributed by atoms with Gasteiger partial charge in [0.2, 0.25) is 0 Å². The van der Waals surface area contributed by atoms with Gasteiger partial charge in [-0.1, -0.05) is 18.2 Å². The highest BCUT2D eigenvalue weighted by molar-refractivity contribution is 5.39. The van der Waals surface area contributed by atoms with Crippen LogP contribution in [-0.2, 0) is 5.60 Å². The van der Waals surface area contributed by atoms with Crippen molar-refractivity contribution in [1.29, 1.82) is 0 Å². The summed E-state index contributed by atoms with van der Waals surface area (Å²) in [5.74, 6) is 0. The van der Waals surface area contributed by atoms with Gasteiger partial charge in [0.05, 0.1) is 5.60 Å². The maximum atomic E-state index is 11.0. The van der Waals surface area contributed by atoms with Crippen molar-refractivity contribution in [2.75, 3.05) is 0 Å². The zero-order chi connectivity index (χ0) is 12.0. The van der Waals surface area contributed by atoms with Crippen LogP contribution in [0, 0.1) is 13.8 Å². The first-order chi connectivity index (χ1) is 8.08. The number of benzene rings is 1. The fraction of sp³-hybridized carbons (Fsp3) is 0.600.